The van der Waals surface area contributed by atoms with Gasteiger partial charge in [0.25, 0.3) is 0 Å². The first-order valence-corrected chi connectivity index (χ1v) is 4.74. The molecule has 0 saturated heterocycles. The number of aliphatic hydroxyl groups excluding tert-OH is 1. The van der Waals surface area contributed by atoms with E-state index in [4.69, 9.17) is 4.74 Å². The fourth-order valence-electron chi connectivity index (χ4n) is 1.05. The van der Waals surface area contributed by atoms with Crippen LogP contribution in [0, 0.1) is 11.8 Å². The normalized spacial score (nSPS) is 11.3. The molecule has 15 heavy (non-hydrogen) atoms. The van der Waals surface area contributed by atoms with E-state index in [0.29, 0.717) is 13.2 Å². The van der Waals surface area contributed by atoms with Gasteiger partial charge in [0.05, 0.1) is 6.61 Å². The Labute approximate surface area is 90.2 Å². The summed E-state index contributed by atoms with van der Waals surface area (Å²) in [6, 6.07) is 9.31. The zero-order chi connectivity index (χ0) is 10.9. The Morgan fingerprint density at radius 3 is 2.80 bits per heavy atom. The minimum atomic E-state index is -0.737. The minimum Gasteiger partial charge on any atom is -0.376 e. The molecule has 0 saturated carbocycles. The molecule has 1 unspecified atom stereocenters. The molecule has 2 nitrogen and oxygen atoms in total. The van der Waals surface area contributed by atoms with Crippen molar-refractivity contribution in [2.45, 2.75) is 6.10 Å². The van der Waals surface area contributed by atoms with E-state index in [0.717, 1.165) is 5.56 Å². The van der Waals surface area contributed by atoms with E-state index in [1.165, 1.54) is 0 Å². The lowest BCUT2D eigenvalue weighted by Crippen LogP contribution is -1.95. The molecular formula is C13H14O2. The molecule has 78 valence electrons. The summed E-state index contributed by atoms with van der Waals surface area (Å²) >= 11 is 0. The second kappa shape index (κ2) is 6.83. The molecule has 2 heteroatoms. The second-order valence-corrected chi connectivity index (χ2v) is 2.94. The third-order valence-electron chi connectivity index (χ3n) is 1.76. The Morgan fingerprint density at radius 1 is 1.40 bits per heavy atom. The van der Waals surface area contributed by atoms with Crippen molar-refractivity contribution >= 4 is 0 Å². The maximum atomic E-state index is 9.63. The lowest BCUT2D eigenvalue weighted by Gasteiger charge is -2.01. The lowest BCUT2D eigenvalue weighted by molar-refractivity contribution is 0.198. The van der Waals surface area contributed by atoms with E-state index in [1.807, 2.05) is 30.3 Å². The van der Waals surface area contributed by atoms with Crippen molar-refractivity contribution < 1.29 is 9.84 Å². The van der Waals surface area contributed by atoms with Gasteiger partial charge in [-0.05, 0) is 5.56 Å². The van der Waals surface area contributed by atoms with E-state index in [-0.39, 0.29) is 0 Å². The number of hydrogen-bond acceptors (Lipinski definition) is 2. The molecule has 0 heterocycles. The molecule has 1 rings (SSSR count). The molecular weight excluding hydrogens is 188 g/mol. The van der Waals surface area contributed by atoms with E-state index < -0.39 is 6.10 Å². The van der Waals surface area contributed by atoms with Crippen molar-refractivity contribution in [2.75, 3.05) is 13.2 Å². The van der Waals surface area contributed by atoms with Gasteiger partial charge >= 0.3 is 0 Å². The van der Waals surface area contributed by atoms with Crippen LogP contribution in [-0.2, 0) is 4.74 Å². The van der Waals surface area contributed by atoms with E-state index in [2.05, 4.69) is 18.4 Å². The van der Waals surface area contributed by atoms with Crippen molar-refractivity contribution in [2.24, 2.45) is 0 Å². The first-order chi connectivity index (χ1) is 7.34. The van der Waals surface area contributed by atoms with E-state index in [9.17, 15) is 5.11 Å². The first kappa shape index (κ1) is 11.5. The fraction of sp³-hybridized carbons (Fsp3) is 0.231. The Hall–Kier alpha value is -1.56. The smallest absolute Gasteiger partial charge is 0.140 e. The predicted octanol–water partition coefficient (Wildman–Crippen LogP) is 1.93. The summed E-state index contributed by atoms with van der Waals surface area (Å²) in [5.74, 6) is 5.45. The number of ether oxygens (including phenoxy) is 1. The predicted molar refractivity (Wildman–Crippen MR) is 60.2 cm³/mol. The highest BCUT2D eigenvalue weighted by atomic mass is 16.5. The third kappa shape index (κ3) is 4.46. The summed E-state index contributed by atoms with van der Waals surface area (Å²) in [6.45, 7) is 4.32. The first-order valence-electron chi connectivity index (χ1n) is 4.74. The second-order valence-electron chi connectivity index (χ2n) is 2.94. The lowest BCUT2D eigenvalue weighted by atomic mass is 10.1. The summed E-state index contributed by atoms with van der Waals surface area (Å²) in [5.41, 5.74) is 0.800. The van der Waals surface area contributed by atoms with Gasteiger partial charge in [-0.25, -0.2) is 0 Å². The zero-order valence-electron chi connectivity index (χ0n) is 8.52. The number of aliphatic hydroxyl groups is 1. The molecule has 1 N–H and O–H groups in total. The maximum Gasteiger partial charge on any atom is 0.140 e. The number of hydrogen-bond donors (Lipinski definition) is 1. The summed E-state index contributed by atoms with van der Waals surface area (Å²) < 4.78 is 5.07. The Kier molecular flexibility index (Phi) is 5.24. The molecule has 0 aliphatic heterocycles. The Balaban J connectivity index is 2.41. The maximum absolute atomic E-state index is 9.63. The van der Waals surface area contributed by atoms with Gasteiger partial charge in [-0.3, -0.25) is 0 Å². The van der Waals surface area contributed by atoms with Crippen LogP contribution in [0.1, 0.15) is 11.7 Å². The quantitative estimate of drug-likeness (QED) is 0.459. The van der Waals surface area contributed by atoms with Gasteiger partial charge in [0.1, 0.15) is 12.7 Å². The third-order valence-corrected chi connectivity index (χ3v) is 1.76. The zero-order valence-corrected chi connectivity index (χ0v) is 8.52. The van der Waals surface area contributed by atoms with Crippen LogP contribution in [0.4, 0.5) is 0 Å². The molecule has 0 aliphatic carbocycles. The van der Waals surface area contributed by atoms with Crippen LogP contribution in [0.15, 0.2) is 43.0 Å². The molecule has 0 radical (unpaired) electrons. The number of rotatable bonds is 4. The summed E-state index contributed by atoms with van der Waals surface area (Å²) in [5, 5.41) is 9.63. The van der Waals surface area contributed by atoms with Crippen LogP contribution < -0.4 is 0 Å². The molecule has 1 atom stereocenters. The molecule has 1 aromatic carbocycles. The average Bonchev–Trinajstić information content (AvgIpc) is 2.30. The van der Waals surface area contributed by atoms with E-state index >= 15 is 0 Å². The minimum absolute atomic E-state index is 0.315. The monoisotopic (exact) mass is 202 g/mol. The van der Waals surface area contributed by atoms with Crippen LogP contribution in [0.25, 0.3) is 0 Å². The largest absolute Gasteiger partial charge is 0.376 e. The van der Waals surface area contributed by atoms with Gasteiger partial charge in [-0.15, -0.1) is 6.58 Å². The van der Waals surface area contributed by atoms with Crippen molar-refractivity contribution in [3.63, 3.8) is 0 Å². The Bertz CT molecular complexity index is 346. The van der Waals surface area contributed by atoms with Crippen LogP contribution in [0.5, 0.6) is 0 Å². The molecule has 0 amide bonds. The topological polar surface area (TPSA) is 29.5 Å². The summed E-state index contributed by atoms with van der Waals surface area (Å²) in [7, 11) is 0. The van der Waals surface area contributed by atoms with E-state index in [1.54, 1.807) is 6.08 Å². The molecule has 0 aliphatic rings. The van der Waals surface area contributed by atoms with Gasteiger partial charge in [0.2, 0.25) is 0 Å². The average molecular weight is 202 g/mol. The van der Waals surface area contributed by atoms with Crippen molar-refractivity contribution in [3.05, 3.63) is 48.6 Å². The van der Waals surface area contributed by atoms with Crippen LogP contribution in [0.3, 0.4) is 0 Å². The van der Waals surface area contributed by atoms with Crippen molar-refractivity contribution in [3.8, 4) is 11.8 Å². The van der Waals surface area contributed by atoms with Crippen molar-refractivity contribution in [1.29, 1.82) is 0 Å². The molecule has 0 aromatic heterocycles. The number of benzene rings is 1. The van der Waals surface area contributed by atoms with Gasteiger partial charge in [-0.1, -0.05) is 48.2 Å². The molecule has 0 bridgehead atoms. The molecule has 0 spiro atoms. The highest BCUT2D eigenvalue weighted by Crippen LogP contribution is 2.09. The van der Waals surface area contributed by atoms with Gasteiger partial charge < -0.3 is 9.84 Å². The SMILES string of the molecule is C=CCOCC#CC(O)c1ccccc1. The van der Waals surface area contributed by atoms with Gasteiger partial charge in [0.15, 0.2) is 0 Å². The van der Waals surface area contributed by atoms with Crippen molar-refractivity contribution in [1.82, 2.24) is 0 Å². The molecule has 0 fully saturated rings. The standard InChI is InChI=1S/C13H14O2/c1-2-10-15-11-6-9-13(14)12-7-4-3-5-8-12/h2-5,7-8,13-14H,1,10-11H2. The Morgan fingerprint density at radius 2 is 2.13 bits per heavy atom. The summed E-state index contributed by atoms with van der Waals surface area (Å²) in [4.78, 5) is 0. The van der Waals surface area contributed by atoms with Gasteiger partial charge in [-0.2, -0.15) is 0 Å². The highest BCUT2D eigenvalue weighted by molar-refractivity contribution is 5.24. The summed E-state index contributed by atoms with van der Waals surface area (Å²) in [6.07, 6.45) is 0.925. The van der Waals surface area contributed by atoms with Crippen LogP contribution >= 0.6 is 0 Å². The fourth-order valence-corrected chi connectivity index (χ4v) is 1.05. The molecule has 1 aromatic rings. The van der Waals surface area contributed by atoms with Crippen LogP contribution in [-0.4, -0.2) is 18.3 Å². The van der Waals surface area contributed by atoms with Gasteiger partial charge in [0, 0.05) is 0 Å². The highest BCUT2D eigenvalue weighted by Gasteiger charge is 2.00. The van der Waals surface area contributed by atoms with Crippen LogP contribution in [0.2, 0.25) is 0 Å².